The van der Waals surface area contributed by atoms with Gasteiger partial charge in [-0.1, -0.05) is 24.6 Å². The van der Waals surface area contributed by atoms with E-state index in [0.717, 1.165) is 23.4 Å². The first kappa shape index (κ1) is 17.2. The van der Waals surface area contributed by atoms with E-state index in [4.69, 9.17) is 11.6 Å². The van der Waals surface area contributed by atoms with E-state index in [1.807, 2.05) is 45.9 Å². The molecule has 6 heteroatoms. The van der Waals surface area contributed by atoms with Crippen molar-refractivity contribution in [2.24, 2.45) is 0 Å². The van der Waals surface area contributed by atoms with Crippen LogP contribution in [-0.2, 0) is 0 Å². The highest BCUT2D eigenvalue weighted by molar-refractivity contribution is 6.31. The van der Waals surface area contributed by atoms with Crippen LogP contribution in [0.3, 0.4) is 0 Å². The lowest BCUT2D eigenvalue weighted by Gasteiger charge is -2.13. The van der Waals surface area contributed by atoms with Gasteiger partial charge in [0.15, 0.2) is 0 Å². The quantitative estimate of drug-likeness (QED) is 0.867. The molecule has 0 aliphatic carbocycles. The average Bonchev–Trinajstić information content (AvgIpc) is 2.51. The molecule has 2 aromatic rings. The summed E-state index contributed by atoms with van der Waals surface area (Å²) >= 11 is 6.12. The van der Waals surface area contributed by atoms with Gasteiger partial charge in [-0.3, -0.25) is 4.79 Å². The van der Waals surface area contributed by atoms with E-state index in [1.54, 1.807) is 6.07 Å². The van der Waals surface area contributed by atoms with Crippen molar-refractivity contribution in [1.29, 1.82) is 0 Å². The number of amides is 1. The highest BCUT2D eigenvalue weighted by Crippen LogP contribution is 2.25. The number of hydrogen-bond acceptors (Lipinski definition) is 4. The van der Waals surface area contributed by atoms with E-state index in [-0.39, 0.29) is 11.9 Å². The number of benzene rings is 1. The Morgan fingerprint density at radius 3 is 2.74 bits per heavy atom. The lowest BCUT2D eigenvalue weighted by Crippen LogP contribution is -2.32. The number of nitrogens with one attached hydrogen (secondary N) is 2. The van der Waals surface area contributed by atoms with Gasteiger partial charge in [0.05, 0.1) is 0 Å². The highest BCUT2D eigenvalue weighted by atomic mass is 35.5. The molecule has 0 aliphatic rings. The van der Waals surface area contributed by atoms with Gasteiger partial charge >= 0.3 is 0 Å². The molecule has 0 aliphatic heterocycles. The standard InChI is InChI=1S/C17H21ClN4O/c1-5-10(2)19-16(23)15-9-11(3)20-17(22-15)21-14-8-6-7-13(18)12(14)4/h6-10H,5H2,1-4H3,(H,19,23)(H,20,21,22). The number of anilines is 2. The third kappa shape index (κ3) is 4.42. The van der Waals surface area contributed by atoms with Crippen molar-refractivity contribution in [2.45, 2.75) is 40.2 Å². The van der Waals surface area contributed by atoms with Gasteiger partial charge in [0.25, 0.3) is 5.91 Å². The molecule has 23 heavy (non-hydrogen) atoms. The van der Waals surface area contributed by atoms with Crippen LogP contribution >= 0.6 is 11.6 Å². The molecule has 1 aromatic carbocycles. The summed E-state index contributed by atoms with van der Waals surface area (Å²) in [6.45, 7) is 7.72. The van der Waals surface area contributed by atoms with Crippen molar-refractivity contribution in [3.8, 4) is 0 Å². The number of halogens is 1. The van der Waals surface area contributed by atoms with Gasteiger partial charge < -0.3 is 10.6 Å². The van der Waals surface area contributed by atoms with Gasteiger partial charge in [-0.2, -0.15) is 0 Å². The zero-order chi connectivity index (χ0) is 17.0. The third-order valence-electron chi connectivity index (χ3n) is 3.59. The first-order chi connectivity index (χ1) is 10.9. The van der Waals surface area contributed by atoms with Crippen molar-refractivity contribution >= 4 is 29.1 Å². The lowest BCUT2D eigenvalue weighted by molar-refractivity contribution is 0.0934. The van der Waals surface area contributed by atoms with Gasteiger partial charge in [-0.05, 0) is 51.0 Å². The van der Waals surface area contributed by atoms with Crippen LogP contribution in [-0.4, -0.2) is 21.9 Å². The fourth-order valence-electron chi connectivity index (χ4n) is 2.00. The second kappa shape index (κ2) is 7.42. The van der Waals surface area contributed by atoms with Gasteiger partial charge in [0.1, 0.15) is 5.69 Å². The smallest absolute Gasteiger partial charge is 0.270 e. The van der Waals surface area contributed by atoms with Gasteiger partial charge in [0, 0.05) is 22.4 Å². The number of rotatable bonds is 5. The number of nitrogens with zero attached hydrogens (tertiary/aromatic N) is 2. The predicted octanol–water partition coefficient (Wildman–Crippen LogP) is 4.02. The van der Waals surface area contributed by atoms with Gasteiger partial charge in [-0.25, -0.2) is 9.97 Å². The summed E-state index contributed by atoms with van der Waals surface area (Å²) in [4.78, 5) is 20.9. The maximum atomic E-state index is 12.2. The summed E-state index contributed by atoms with van der Waals surface area (Å²) in [6, 6.07) is 7.35. The molecule has 1 aromatic heterocycles. The molecule has 1 unspecified atom stereocenters. The van der Waals surface area contributed by atoms with Crippen LogP contribution in [0.15, 0.2) is 24.3 Å². The van der Waals surface area contributed by atoms with Crippen LogP contribution in [0.1, 0.15) is 42.0 Å². The van der Waals surface area contributed by atoms with Crippen molar-refractivity contribution < 1.29 is 4.79 Å². The van der Waals surface area contributed by atoms with E-state index >= 15 is 0 Å². The van der Waals surface area contributed by atoms with E-state index in [1.165, 1.54) is 0 Å². The van der Waals surface area contributed by atoms with Crippen molar-refractivity contribution in [1.82, 2.24) is 15.3 Å². The molecular formula is C17H21ClN4O. The van der Waals surface area contributed by atoms with Crippen LogP contribution in [0, 0.1) is 13.8 Å². The van der Waals surface area contributed by atoms with E-state index in [2.05, 4.69) is 20.6 Å². The first-order valence-corrected chi connectivity index (χ1v) is 7.97. The van der Waals surface area contributed by atoms with Crippen LogP contribution in [0.5, 0.6) is 0 Å². The summed E-state index contributed by atoms with van der Waals surface area (Å²) in [5, 5.41) is 6.70. The van der Waals surface area contributed by atoms with E-state index < -0.39 is 0 Å². The maximum absolute atomic E-state index is 12.2. The molecule has 1 atom stereocenters. The number of carbonyl (C=O) groups is 1. The minimum absolute atomic E-state index is 0.101. The Labute approximate surface area is 141 Å². The number of carbonyl (C=O) groups excluding carboxylic acids is 1. The van der Waals surface area contributed by atoms with Crippen LogP contribution in [0.4, 0.5) is 11.6 Å². The molecule has 1 heterocycles. The molecule has 0 saturated carbocycles. The molecule has 2 rings (SSSR count). The molecule has 1 amide bonds. The Morgan fingerprint density at radius 2 is 2.04 bits per heavy atom. The Hall–Kier alpha value is -2.14. The summed E-state index contributed by atoms with van der Waals surface area (Å²) < 4.78 is 0. The molecule has 2 N–H and O–H groups in total. The van der Waals surface area contributed by atoms with Crippen LogP contribution in [0.25, 0.3) is 0 Å². The highest BCUT2D eigenvalue weighted by Gasteiger charge is 2.13. The number of aryl methyl sites for hydroxylation is 1. The predicted molar refractivity (Wildman–Crippen MR) is 93.5 cm³/mol. The molecular weight excluding hydrogens is 312 g/mol. The Bertz CT molecular complexity index is 718. The number of hydrogen-bond donors (Lipinski definition) is 2. The zero-order valence-electron chi connectivity index (χ0n) is 13.8. The van der Waals surface area contributed by atoms with Crippen molar-refractivity contribution in [3.63, 3.8) is 0 Å². The summed E-state index contributed by atoms with van der Waals surface area (Å²) in [5.41, 5.74) is 2.79. The molecule has 0 fully saturated rings. The van der Waals surface area contributed by atoms with E-state index in [9.17, 15) is 4.79 Å². The molecule has 5 nitrogen and oxygen atoms in total. The second-order valence-corrected chi connectivity index (χ2v) is 5.95. The first-order valence-electron chi connectivity index (χ1n) is 7.59. The zero-order valence-corrected chi connectivity index (χ0v) is 14.5. The molecule has 0 radical (unpaired) electrons. The lowest BCUT2D eigenvalue weighted by atomic mass is 10.2. The Kier molecular flexibility index (Phi) is 5.55. The fraction of sp³-hybridized carbons (Fsp3) is 0.353. The summed E-state index contributed by atoms with van der Waals surface area (Å²) in [5.74, 6) is 0.181. The molecule has 0 spiro atoms. The Balaban J connectivity index is 2.27. The maximum Gasteiger partial charge on any atom is 0.270 e. The van der Waals surface area contributed by atoms with Crippen molar-refractivity contribution in [2.75, 3.05) is 5.32 Å². The molecule has 122 valence electrons. The van der Waals surface area contributed by atoms with Gasteiger partial charge in [-0.15, -0.1) is 0 Å². The third-order valence-corrected chi connectivity index (χ3v) is 4.00. The largest absolute Gasteiger partial charge is 0.348 e. The second-order valence-electron chi connectivity index (χ2n) is 5.54. The minimum atomic E-state index is -0.198. The summed E-state index contributed by atoms with van der Waals surface area (Å²) in [6.07, 6.45) is 0.864. The van der Waals surface area contributed by atoms with Crippen LogP contribution < -0.4 is 10.6 Å². The average molecular weight is 333 g/mol. The fourth-order valence-corrected chi connectivity index (χ4v) is 2.18. The normalized spacial score (nSPS) is 11.9. The Morgan fingerprint density at radius 1 is 1.30 bits per heavy atom. The van der Waals surface area contributed by atoms with Crippen LogP contribution in [0.2, 0.25) is 5.02 Å². The van der Waals surface area contributed by atoms with Gasteiger partial charge in [0.2, 0.25) is 5.95 Å². The molecule has 0 saturated heterocycles. The topological polar surface area (TPSA) is 66.9 Å². The van der Waals surface area contributed by atoms with E-state index in [0.29, 0.717) is 16.7 Å². The summed E-state index contributed by atoms with van der Waals surface area (Å²) in [7, 11) is 0. The SMILES string of the molecule is CCC(C)NC(=O)c1cc(C)nc(Nc2cccc(Cl)c2C)n1. The molecule has 0 bridgehead atoms. The number of aromatic nitrogens is 2. The van der Waals surface area contributed by atoms with Crippen molar-refractivity contribution in [3.05, 3.63) is 46.2 Å². The minimum Gasteiger partial charge on any atom is -0.348 e. The monoisotopic (exact) mass is 332 g/mol.